The van der Waals surface area contributed by atoms with Gasteiger partial charge in [0.2, 0.25) is 0 Å². The van der Waals surface area contributed by atoms with Crippen molar-refractivity contribution in [3.05, 3.63) is 15.6 Å². The van der Waals surface area contributed by atoms with E-state index in [0.29, 0.717) is 0 Å². The summed E-state index contributed by atoms with van der Waals surface area (Å²) in [6.07, 6.45) is 3.08. The van der Waals surface area contributed by atoms with Gasteiger partial charge in [0.1, 0.15) is 0 Å². The first-order valence-electron chi connectivity index (χ1n) is 6.60. The Labute approximate surface area is 114 Å². The highest BCUT2D eigenvalue weighted by molar-refractivity contribution is 7.11. The molecule has 0 aromatic carbocycles. The van der Waals surface area contributed by atoms with Crippen LogP contribution in [0.1, 0.15) is 35.8 Å². The molecule has 0 amide bonds. The van der Waals surface area contributed by atoms with E-state index in [1.807, 2.05) is 0 Å². The number of aliphatic imine (C=N–C) groups is 1. The number of rotatable bonds is 6. The summed E-state index contributed by atoms with van der Waals surface area (Å²) < 4.78 is 0. The summed E-state index contributed by atoms with van der Waals surface area (Å²) in [5.74, 6) is 0.876. The average molecular weight is 268 g/mol. The van der Waals surface area contributed by atoms with Gasteiger partial charge in [0, 0.05) is 31.4 Å². The van der Waals surface area contributed by atoms with E-state index in [9.17, 15) is 0 Å². The Morgan fingerprint density at radius 1 is 1.28 bits per heavy atom. The number of guanidine groups is 1. The molecule has 0 radical (unpaired) electrons. The molecule has 0 aliphatic heterocycles. The highest BCUT2D eigenvalue weighted by Gasteiger charge is 2.05. The van der Waals surface area contributed by atoms with E-state index in [1.54, 1.807) is 18.4 Å². The monoisotopic (exact) mass is 268 g/mol. The highest BCUT2D eigenvalue weighted by Crippen LogP contribution is 2.17. The highest BCUT2D eigenvalue weighted by atomic mass is 32.1. The molecule has 0 spiro atoms. The van der Waals surface area contributed by atoms with Gasteiger partial charge >= 0.3 is 0 Å². The summed E-state index contributed by atoms with van der Waals surface area (Å²) in [6.45, 7) is 8.27. The lowest BCUT2D eigenvalue weighted by Gasteiger charge is -2.09. The Kier molecular flexibility index (Phi) is 6.72. The van der Waals surface area contributed by atoms with E-state index >= 15 is 0 Å². The zero-order chi connectivity index (χ0) is 13.4. The lowest BCUT2D eigenvalue weighted by atomic mass is 10.3. The van der Waals surface area contributed by atoms with Crippen molar-refractivity contribution in [3.8, 4) is 0 Å². The van der Waals surface area contributed by atoms with Crippen LogP contribution in [0.2, 0.25) is 0 Å². The Balaban J connectivity index is 2.36. The van der Waals surface area contributed by atoms with Crippen molar-refractivity contribution in [1.29, 1.82) is 0 Å². The average Bonchev–Trinajstić information content (AvgIpc) is 2.74. The molecular weight excluding hydrogens is 244 g/mol. The zero-order valence-corrected chi connectivity index (χ0v) is 12.7. The predicted octanol–water partition coefficient (Wildman–Crippen LogP) is 2.13. The molecule has 0 unspecified atom stereocenters. The largest absolute Gasteiger partial charge is 0.356 e. The molecule has 0 atom stereocenters. The molecule has 0 fully saturated rings. The minimum atomic E-state index is 0.874. The molecule has 5 heteroatoms. The van der Waals surface area contributed by atoms with E-state index in [1.165, 1.54) is 15.6 Å². The van der Waals surface area contributed by atoms with E-state index in [2.05, 4.69) is 41.4 Å². The molecule has 1 aromatic heterocycles. The molecule has 4 nitrogen and oxygen atoms in total. The maximum Gasteiger partial charge on any atom is 0.190 e. The smallest absolute Gasteiger partial charge is 0.190 e. The first kappa shape index (κ1) is 15.0. The predicted molar refractivity (Wildman–Crippen MR) is 79.6 cm³/mol. The maximum absolute atomic E-state index is 4.63. The van der Waals surface area contributed by atoms with Crippen LogP contribution >= 0.6 is 11.3 Å². The third kappa shape index (κ3) is 4.64. The number of aromatic nitrogens is 1. The molecule has 1 rings (SSSR count). The quantitative estimate of drug-likeness (QED) is 0.614. The Hall–Kier alpha value is -1.10. The fourth-order valence-corrected chi connectivity index (χ4v) is 2.70. The molecular formula is C13H24N4S. The van der Waals surface area contributed by atoms with Crippen molar-refractivity contribution in [3.63, 3.8) is 0 Å². The van der Waals surface area contributed by atoms with Crippen molar-refractivity contribution in [2.24, 2.45) is 4.99 Å². The Morgan fingerprint density at radius 3 is 2.56 bits per heavy atom. The van der Waals surface area contributed by atoms with Crippen LogP contribution in [0.25, 0.3) is 0 Å². The summed E-state index contributed by atoms with van der Waals surface area (Å²) in [5.41, 5.74) is 1.24. The van der Waals surface area contributed by atoms with Crippen molar-refractivity contribution in [2.45, 2.75) is 40.0 Å². The molecule has 102 valence electrons. The molecule has 0 bridgehead atoms. The van der Waals surface area contributed by atoms with Crippen LogP contribution in [0.15, 0.2) is 4.99 Å². The number of hydrogen-bond donors (Lipinski definition) is 2. The minimum absolute atomic E-state index is 0.874. The van der Waals surface area contributed by atoms with Gasteiger partial charge in [-0.25, -0.2) is 4.98 Å². The number of nitrogens with zero attached hydrogens (tertiary/aromatic N) is 2. The van der Waals surface area contributed by atoms with Crippen LogP contribution in [-0.2, 0) is 12.8 Å². The second-order valence-electron chi connectivity index (χ2n) is 4.14. The second-order valence-corrected chi connectivity index (χ2v) is 5.43. The third-order valence-electron chi connectivity index (χ3n) is 2.67. The molecule has 0 saturated heterocycles. The van der Waals surface area contributed by atoms with Gasteiger partial charge in [0.25, 0.3) is 0 Å². The lowest BCUT2D eigenvalue weighted by Crippen LogP contribution is -2.38. The first-order valence-corrected chi connectivity index (χ1v) is 7.42. The number of hydrogen-bond acceptors (Lipinski definition) is 3. The van der Waals surface area contributed by atoms with Gasteiger partial charge in [-0.05, 0) is 19.8 Å². The van der Waals surface area contributed by atoms with Crippen molar-refractivity contribution in [2.75, 3.05) is 20.1 Å². The van der Waals surface area contributed by atoms with Gasteiger partial charge in [0.15, 0.2) is 5.96 Å². The molecule has 0 saturated carbocycles. The third-order valence-corrected chi connectivity index (χ3v) is 3.74. The maximum atomic E-state index is 4.63. The molecule has 1 heterocycles. The fourth-order valence-electron chi connectivity index (χ4n) is 1.67. The fraction of sp³-hybridized carbons (Fsp3) is 0.692. The van der Waals surface area contributed by atoms with Crippen molar-refractivity contribution < 1.29 is 0 Å². The molecule has 18 heavy (non-hydrogen) atoms. The van der Waals surface area contributed by atoms with E-state index in [4.69, 9.17) is 0 Å². The van der Waals surface area contributed by atoms with Gasteiger partial charge < -0.3 is 10.6 Å². The molecule has 1 aromatic rings. The van der Waals surface area contributed by atoms with Crippen LogP contribution < -0.4 is 10.6 Å². The Bertz CT molecular complexity index is 384. The molecule has 0 aliphatic rings. The van der Waals surface area contributed by atoms with E-state index in [-0.39, 0.29) is 0 Å². The van der Waals surface area contributed by atoms with Crippen molar-refractivity contribution in [1.82, 2.24) is 15.6 Å². The van der Waals surface area contributed by atoms with Crippen LogP contribution in [0, 0.1) is 6.92 Å². The van der Waals surface area contributed by atoms with E-state index < -0.39 is 0 Å². The van der Waals surface area contributed by atoms with Gasteiger partial charge in [-0.1, -0.05) is 13.8 Å². The summed E-state index contributed by atoms with van der Waals surface area (Å²) in [7, 11) is 1.80. The summed E-state index contributed by atoms with van der Waals surface area (Å²) in [4.78, 5) is 10.2. The SMILES string of the molecule is CCCNC(=NC)NCCc1nc(CC)c(C)s1. The number of nitrogens with one attached hydrogen (secondary N) is 2. The van der Waals surface area contributed by atoms with Gasteiger partial charge in [0.05, 0.1) is 10.7 Å². The second kappa shape index (κ2) is 8.08. The van der Waals surface area contributed by atoms with Gasteiger partial charge in [-0.2, -0.15) is 0 Å². The van der Waals surface area contributed by atoms with Gasteiger partial charge in [-0.15, -0.1) is 11.3 Å². The topological polar surface area (TPSA) is 49.3 Å². The summed E-state index contributed by atoms with van der Waals surface area (Å²) in [6, 6.07) is 0. The van der Waals surface area contributed by atoms with E-state index in [0.717, 1.165) is 38.3 Å². The summed E-state index contributed by atoms with van der Waals surface area (Å²) >= 11 is 1.80. The van der Waals surface area contributed by atoms with Gasteiger partial charge in [-0.3, -0.25) is 4.99 Å². The Morgan fingerprint density at radius 2 is 2.00 bits per heavy atom. The van der Waals surface area contributed by atoms with Crippen molar-refractivity contribution >= 4 is 17.3 Å². The first-order chi connectivity index (χ1) is 8.71. The molecule has 2 N–H and O–H groups in total. The molecule has 0 aliphatic carbocycles. The minimum Gasteiger partial charge on any atom is -0.356 e. The van der Waals surface area contributed by atoms with Crippen LogP contribution in [0.3, 0.4) is 0 Å². The van der Waals surface area contributed by atoms with Crippen LogP contribution in [0.4, 0.5) is 0 Å². The standard InChI is InChI=1S/C13H24N4S/c1-5-8-15-13(14-4)16-9-7-12-17-11(6-2)10(3)18-12/h5-9H2,1-4H3,(H2,14,15,16). The zero-order valence-electron chi connectivity index (χ0n) is 11.8. The lowest BCUT2D eigenvalue weighted by molar-refractivity contribution is 0.770. The van der Waals surface area contributed by atoms with Crippen LogP contribution in [-0.4, -0.2) is 31.1 Å². The number of thiazole rings is 1. The number of aryl methyl sites for hydroxylation is 2. The normalized spacial score (nSPS) is 11.7. The van der Waals surface area contributed by atoms with Crippen LogP contribution in [0.5, 0.6) is 0 Å². The summed E-state index contributed by atoms with van der Waals surface area (Å²) in [5, 5.41) is 7.77.